The first-order valence-electron chi connectivity index (χ1n) is 29.8. The smallest absolute Gasteiger partial charge is 0.410 e. The fraction of sp³-hybridized carbons (Fsp3) is 0.656. The highest BCUT2D eigenvalue weighted by molar-refractivity contribution is 5.97. The molecule has 0 bridgehead atoms. The molecule has 2 saturated heterocycles. The lowest BCUT2D eigenvalue weighted by atomic mass is 9.85. The Kier molecular flexibility index (Phi) is 27.0. The third kappa shape index (κ3) is 19.7. The molecule has 0 aromatic heterocycles. The van der Waals surface area contributed by atoms with E-state index in [1.54, 1.807) is 63.1 Å². The Morgan fingerprint density at radius 2 is 1.46 bits per heavy atom. The van der Waals surface area contributed by atoms with Crippen molar-refractivity contribution in [2.45, 2.75) is 186 Å². The summed E-state index contributed by atoms with van der Waals surface area (Å²) in [6.45, 7) is 10.7. The van der Waals surface area contributed by atoms with E-state index >= 15 is 0 Å². The molecule has 0 radical (unpaired) electrons. The van der Waals surface area contributed by atoms with E-state index < -0.39 is 139 Å². The van der Waals surface area contributed by atoms with Crippen LogP contribution in [0.1, 0.15) is 127 Å². The normalized spacial score (nSPS) is 22.7. The van der Waals surface area contributed by atoms with Crippen molar-refractivity contribution in [2.24, 2.45) is 23.7 Å². The van der Waals surface area contributed by atoms with Crippen LogP contribution in [-0.2, 0) is 65.5 Å². The summed E-state index contributed by atoms with van der Waals surface area (Å²) >= 11 is 0. The number of carbonyl (C=O) groups is 9. The summed E-state index contributed by atoms with van der Waals surface area (Å²) in [5, 5.41) is 57.7. The summed E-state index contributed by atoms with van der Waals surface area (Å²) < 4.78 is 34.8. The zero-order valence-corrected chi connectivity index (χ0v) is 51.5. The van der Waals surface area contributed by atoms with Gasteiger partial charge in [0.15, 0.2) is 6.10 Å². The van der Waals surface area contributed by atoms with Gasteiger partial charge in [0.05, 0.1) is 66.9 Å². The summed E-state index contributed by atoms with van der Waals surface area (Å²) in [5.74, 6) is -8.07. The molecular formula is C61H90N6O20. The molecule has 484 valence electrons. The van der Waals surface area contributed by atoms with Crippen LogP contribution in [0.4, 0.5) is 4.79 Å². The predicted octanol–water partition coefficient (Wildman–Crippen LogP) is 3.59. The van der Waals surface area contributed by atoms with Crippen LogP contribution in [-0.4, -0.2) is 209 Å². The molecule has 3 fully saturated rings. The zero-order chi connectivity index (χ0) is 64.4. The molecule has 87 heavy (non-hydrogen) atoms. The number of hydrogen-bond donors (Lipinski definition) is 8. The molecule has 1 aliphatic carbocycles. The van der Waals surface area contributed by atoms with Crippen molar-refractivity contribution in [3.63, 3.8) is 0 Å². The Labute approximate surface area is 507 Å². The summed E-state index contributed by atoms with van der Waals surface area (Å²) in [6, 6.07) is 7.17. The number of nitrogens with one attached hydrogen (secondary N) is 3. The summed E-state index contributed by atoms with van der Waals surface area (Å²) in [4.78, 5) is 123. The van der Waals surface area contributed by atoms with E-state index in [-0.39, 0.29) is 74.7 Å². The largest absolute Gasteiger partial charge is 0.489 e. The molecule has 6 amide bonds. The minimum Gasteiger partial charge on any atom is -0.489 e. The molecule has 2 heterocycles. The Morgan fingerprint density at radius 1 is 0.782 bits per heavy atom. The second-order valence-electron chi connectivity index (χ2n) is 23.3. The summed E-state index contributed by atoms with van der Waals surface area (Å²) in [5.41, 5.74) is 1.06. The molecule has 2 aliphatic heterocycles. The number of likely N-dealkylation sites (tertiary alicyclic amines) is 1. The lowest BCUT2D eigenvalue weighted by Crippen LogP contribution is -2.56. The number of methoxy groups -OCH3 is 2. The second-order valence-corrected chi connectivity index (χ2v) is 23.3. The fourth-order valence-corrected chi connectivity index (χ4v) is 11.7. The maximum Gasteiger partial charge on any atom is 0.410 e. The highest BCUT2D eigenvalue weighted by atomic mass is 16.7. The third-order valence-electron chi connectivity index (χ3n) is 16.6. The molecule has 14 atom stereocenters. The average molecular weight is 1230 g/mol. The summed E-state index contributed by atoms with van der Waals surface area (Å²) in [7, 11) is 5.81. The standard InChI is InChI=1S/C61H90N6O20/c1-11-21-62-56(73)43-23-37(17-20-46(43)85-42-26-38(58(75)76)25-39(68)27-42)32-84-61(81)66(8)52(33(3)4)57(74)63-31-50(71)65(7)53(34(5)12-2)47(82-9)30-49(70)67-22-13-14-45(67)54(83-10)35(6)55(72)64-44(59(77)78)24-36-15-18-41(19-16-36)86-51-29-40(69)28-48(87-51)60(79)80/h15-20,23,33-35,38-40,42,44-45,47-48,51-54,68-69H,11-14,21-22,24-32H2,1-10H3,(H,62,73)(H,63,74)(H,64,72)(H,75,76)(H,77,78)(H,79,80)/t34?,35-,38-,39+,40-,42-,44-,45+,47-,48-,51+,52?,53?,54-/m1/s1. The van der Waals surface area contributed by atoms with Crippen LogP contribution in [0.15, 0.2) is 42.5 Å². The van der Waals surface area contributed by atoms with Gasteiger partial charge in [0.25, 0.3) is 5.91 Å². The quantitative estimate of drug-likeness (QED) is 0.0535. The van der Waals surface area contributed by atoms with Gasteiger partial charge in [-0.1, -0.05) is 66.2 Å². The first-order chi connectivity index (χ1) is 41.2. The Hall–Kier alpha value is -7.13. The molecule has 2 aromatic carbocycles. The lowest BCUT2D eigenvalue weighted by molar-refractivity contribution is -0.195. The molecule has 0 spiro atoms. The number of rotatable bonds is 31. The van der Waals surface area contributed by atoms with Crippen LogP contribution in [0.5, 0.6) is 11.5 Å². The molecule has 2 aromatic rings. The van der Waals surface area contributed by atoms with E-state index in [9.17, 15) is 68.7 Å². The zero-order valence-electron chi connectivity index (χ0n) is 51.5. The van der Waals surface area contributed by atoms with Crippen LogP contribution in [0, 0.1) is 23.7 Å². The molecular weight excluding hydrogens is 1140 g/mol. The van der Waals surface area contributed by atoms with Crippen molar-refractivity contribution in [1.29, 1.82) is 0 Å². The number of carboxylic acids is 3. The van der Waals surface area contributed by atoms with E-state index in [0.717, 1.165) is 4.90 Å². The number of carboxylic acid groups (broad SMARTS) is 3. The van der Waals surface area contributed by atoms with Gasteiger partial charge < -0.3 is 79.7 Å². The van der Waals surface area contributed by atoms with Crippen molar-refractivity contribution >= 4 is 53.5 Å². The molecule has 1 saturated carbocycles. The predicted molar refractivity (Wildman–Crippen MR) is 312 cm³/mol. The van der Waals surface area contributed by atoms with E-state index in [1.165, 1.54) is 38.3 Å². The Morgan fingerprint density at radius 3 is 2.07 bits per heavy atom. The van der Waals surface area contributed by atoms with Gasteiger partial charge in [-0.15, -0.1) is 0 Å². The number of aliphatic carboxylic acids is 3. The highest BCUT2D eigenvalue weighted by Crippen LogP contribution is 2.33. The van der Waals surface area contributed by atoms with Crippen molar-refractivity contribution in [3.05, 3.63) is 59.2 Å². The molecule has 3 unspecified atom stereocenters. The maximum atomic E-state index is 14.4. The number of aliphatic hydroxyl groups is 2. The Balaban J connectivity index is 1.18. The SMILES string of the molecule is CCCNC(=O)c1cc(COC(=O)N(C)C(C(=O)NCC(=O)N(C)C(C(C)CC)[C@@H](CC(=O)N2CCC[C@H]2[C@H](OC)[C@@H](C)C(=O)N[C@H](Cc2ccc(O[C@@H]3C[C@H](O)C[C@H](C(=O)O)O3)cc2)C(=O)O)OC)C(C)C)ccc1O[C@H]1C[C@@H](O)C[C@@H](C(=O)O)C1. The van der Waals surface area contributed by atoms with E-state index in [0.29, 0.717) is 55.6 Å². The number of ether oxygens (including phenoxy) is 6. The number of nitrogens with zero attached hydrogens (tertiary/aromatic N) is 3. The van der Waals surface area contributed by atoms with Crippen LogP contribution in [0.25, 0.3) is 0 Å². The topological polar surface area (TPSA) is 356 Å². The van der Waals surface area contributed by atoms with Crippen LogP contribution in [0.2, 0.25) is 0 Å². The average Bonchev–Trinajstić information content (AvgIpc) is 3.25. The van der Waals surface area contributed by atoms with Crippen LogP contribution >= 0.6 is 0 Å². The van der Waals surface area contributed by atoms with Crippen molar-refractivity contribution < 1.29 is 97.1 Å². The number of aliphatic hydroxyl groups excluding tert-OH is 2. The van der Waals surface area contributed by atoms with Gasteiger partial charge >= 0.3 is 24.0 Å². The van der Waals surface area contributed by atoms with Gasteiger partial charge in [-0.3, -0.25) is 33.7 Å². The first kappa shape index (κ1) is 70.6. The number of carbonyl (C=O) groups excluding carboxylic acids is 6. The van der Waals surface area contributed by atoms with Crippen LogP contribution in [0.3, 0.4) is 0 Å². The third-order valence-corrected chi connectivity index (χ3v) is 16.6. The van der Waals surface area contributed by atoms with Gasteiger partial charge in [-0.2, -0.15) is 0 Å². The Bertz CT molecular complexity index is 2680. The van der Waals surface area contributed by atoms with E-state index in [4.69, 9.17) is 28.4 Å². The van der Waals surface area contributed by atoms with Crippen molar-refractivity contribution in [3.8, 4) is 11.5 Å². The fourth-order valence-electron chi connectivity index (χ4n) is 11.7. The number of amides is 6. The van der Waals surface area contributed by atoms with Gasteiger partial charge in [-0.05, 0) is 79.3 Å². The van der Waals surface area contributed by atoms with Gasteiger partial charge in [0.2, 0.25) is 29.9 Å². The minimum absolute atomic E-state index is 0.0531. The minimum atomic E-state index is -1.36. The van der Waals surface area contributed by atoms with Gasteiger partial charge in [0, 0.05) is 67.1 Å². The lowest BCUT2D eigenvalue weighted by Gasteiger charge is -2.39. The first-order valence-corrected chi connectivity index (χ1v) is 29.8. The molecule has 8 N–H and O–H groups in total. The highest BCUT2D eigenvalue weighted by Gasteiger charge is 2.43. The van der Waals surface area contributed by atoms with Gasteiger partial charge in [-0.25, -0.2) is 14.4 Å². The monoisotopic (exact) mass is 1230 g/mol. The molecule has 3 aliphatic rings. The second kappa shape index (κ2) is 33.3. The number of likely N-dealkylation sites (N-methyl/N-ethyl adjacent to an activating group) is 2. The maximum absolute atomic E-state index is 14.4. The molecule has 26 nitrogen and oxygen atoms in total. The number of benzene rings is 2. The molecule has 5 rings (SSSR count). The number of hydrogen-bond acceptors (Lipinski definition) is 17. The van der Waals surface area contributed by atoms with Crippen molar-refractivity contribution in [1.82, 2.24) is 30.7 Å². The van der Waals surface area contributed by atoms with Gasteiger partial charge in [0.1, 0.15) is 36.3 Å². The van der Waals surface area contributed by atoms with E-state index in [1.807, 2.05) is 20.8 Å². The van der Waals surface area contributed by atoms with E-state index in [2.05, 4.69) is 16.0 Å². The van der Waals surface area contributed by atoms with Crippen LogP contribution < -0.4 is 25.4 Å². The molecule has 26 heteroatoms. The van der Waals surface area contributed by atoms with Crippen molar-refractivity contribution in [2.75, 3.05) is 47.9 Å². The summed E-state index contributed by atoms with van der Waals surface area (Å²) in [6.07, 6.45) is -4.90.